The molecule has 0 aliphatic heterocycles. The number of hydrogen-bond acceptors (Lipinski definition) is 4. The maximum Gasteiger partial charge on any atom is 0.244 e. The van der Waals surface area contributed by atoms with Gasteiger partial charge in [0, 0.05) is 26.1 Å². The number of amides is 2. The van der Waals surface area contributed by atoms with Crippen LogP contribution in [0.1, 0.15) is 11.1 Å². The lowest BCUT2D eigenvalue weighted by Gasteiger charge is -2.33. The Kier molecular flexibility index (Phi) is 9.70. The standard InChI is InChI=1S/C26H25Cl2F2N3O4S/c1-31-26(35)24(13-17-6-4-3-5-7-17)32(15-18-8-10-20(27)21(28)12-18)25(34)16-33(38(2,36)37)19-9-11-22(29)23(30)14-19/h3-12,14,24H,13,15-16H2,1-2H3,(H,31,35). The Morgan fingerprint density at radius 2 is 1.61 bits per heavy atom. The highest BCUT2D eigenvalue weighted by Crippen LogP contribution is 2.25. The molecule has 202 valence electrons. The molecule has 0 radical (unpaired) electrons. The number of rotatable bonds is 10. The molecule has 1 unspecified atom stereocenters. The first-order valence-electron chi connectivity index (χ1n) is 11.3. The molecule has 0 spiro atoms. The van der Waals surface area contributed by atoms with Gasteiger partial charge in [-0.1, -0.05) is 59.6 Å². The molecule has 3 aromatic carbocycles. The lowest BCUT2D eigenvalue weighted by atomic mass is 10.0. The predicted octanol–water partition coefficient (Wildman–Crippen LogP) is 4.42. The Bertz CT molecular complexity index is 1430. The highest BCUT2D eigenvalue weighted by atomic mass is 35.5. The number of likely N-dealkylation sites (N-methyl/N-ethyl adjacent to an activating group) is 1. The summed E-state index contributed by atoms with van der Waals surface area (Å²) in [6, 6.07) is 15.1. The normalized spacial score (nSPS) is 12.1. The zero-order valence-corrected chi connectivity index (χ0v) is 22.8. The molecule has 38 heavy (non-hydrogen) atoms. The number of benzene rings is 3. The minimum Gasteiger partial charge on any atom is -0.357 e. The van der Waals surface area contributed by atoms with Crippen LogP contribution in [-0.4, -0.2) is 51.0 Å². The highest BCUT2D eigenvalue weighted by Gasteiger charge is 2.33. The van der Waals surface area contributed by atoms with Crippen LogP contribution in [0.5, 0.6) is 0 Å². The summed E-state index contributed by atoms with van der Waals surface area (Å²) in [4.78, 5) is 28.0. The van der Waals surface area contributed by atoms with E-state index >= 15 is 0 Å². The van der Waals surface area contributed by atoms with Crippen LogP contribution in [0.3, 0.4) is 0 Å². The van der Waals surface area contributed by atoms with Gasteiger partial charge in [-0.15, -0.1) is 0 Å². The van der Waals surface area contributed by atoms with Crippen molar-refractivity contribution in [1.82, 2.24) is 10.2 Å². The van der Waals surface area contributed by atoms with Gasteiger partial charge in [-0.2, -0.15) is 0 Å². The quantitative estimate of drug-likeness (QED) is 0.382. The number of sulfonamides is 1. The minimum absolute atomic E-state index is 0.115. The number of nitrogens with one attached hydrogen (secondary N) is 1. The molecule has 0 heterocycles. The lowest BCUT2D eigenvalue weighted by molar-refractivity contribution is -0.139. The highest BCUT2D eigenvalue weighted by molar-refractivity contribution is 7.92. The average Bonchev–Trinajstić information content (AvgIpc) is 2.87. The van der Waals surface area contributed by atoms with Gasteiger partial charge < -0.3 is 10.2 Å². The third-order valence-corrected chi connectivity index (χ3v) is 7.60. The van der Waals surface area contributed by atoms with Crippen molar-refractivity contribution in [3.05, 3.63) is 99.5 Å². The molecule has 0 aliphatic rings. The van der Waals surface area contributed by atoms with Crippen molar-refractivity contribution in [3.8, 4) is 0 Å². The SMILES string of the molecule is CNC(=O)C(Cc1ccccc1)N(Cc1ccc(Cl)c(Cl)c1)C(=O)CN(c1ccc(F)c(F)c1)S(C)(=O)=O. The summed E-state index contributed by atoms with van der Waals surface area (Å²) in [7, 11) is -2.69. The fourth-order valence-corrected chi connectivity index (χ4v) is 4.97. The number of hydrogen-bond donors (Lipinski definition) is 1. The van der Waals surface area contributed by atoms with E-state index in [0.717, 1.165) is 24.0 Å². The zero-order chi connectivity index (χ0) is 28.0. The molecule has 0 saturated heterocycles. The van der Waals surface area contributed by atoms with Crippen molar-refractivity contribution >= 4 is 50.7 Å². The van der Waals surface area contributed by atoms with E-state index in [4.69, 9.17) is 23.2 Å². The van der Waals surface area contributed by atoms with Gasteiger partial charge in [0.2, 0.25) is 21.8 Å². The third-order valence-electron chi connectivity index (χ3n) is 5.72. The van der Waals surface area contributed by atoms with E-state index in [9.17, 15) is 26.8 Å². The Balaban J connectivity index is 2.05. The minimum atomic E-state index is -4.11. The monoisotopic (exact) mass is 583 g/mol. The summed E-state index contributed by atoms with van der Waals surface area (Å²) in [6.07, 6.45) is 0.961. The molecular weight excluding hydrogens is 559 g/mol. The molecular formula is C26H25Cl2F2N3O4S. The van der Waals surface area contributed by atoms with Crippen LogP contribution in [-0.2, 0) is 32.6 Å². The van der Waals surface area contributed by atoms with E-state index in [1.165, 1.54) is 24.1 Å². The van der Waals surface area contributed by atoms with Gasteiger partial charge >= 0.3 is 0 Å². The van der Waals surface area contributed by atoms with E-state index in [1.807, 2.05) is 6.07 Å². The van der Waals surface area contributed by atoms with Gasteiger partial charge in [0.25, 0.3) is 0 Å². The average molecular weight is 584 g/mol. The predicted molar refractivity (Wildman–Crippen MR) is 144 cm³/mol. The number of carbonyl (C=O) groups excluding carboxylic acids is 2. The first-order valence-corrected chi connectivity index (χ1v) is 13.9. The lowest BCUT2D eigenvalue weighted by Crippen LogP contribution is -2.52. The fourth-order valence-electron chi connectivity index (χ4n) is 3.81. The molecule has 0 aliphatic carbocycles. The van der Waals surface area contributed by atoms with Gasteiger partial charge in [-0.3, -0.25) is 13.9 Å². The van der Waals surface area contributed by atoms with Gasteiger partial charge in [-0.25, -0.2) is 17.2 Å². The third kappa shape index (κ3) is 7.43. The summed E-state index contributed by atoms with van der Waals surface area (Å²) in [5.41, 5.74) is 1.05. The summed E-state index contributed by atoms with van der Waals surface area (Å²) >= 11 is 12.2. The first kappa shape index (κ1) is 29.3. The summed E-state index contributed by atoms with van der Waals surface area (Å²) < 4.78 is 53.3. The largest absolute Gasteiger partial charge is 0.357 e. The van der Waals surface area contributed by atoms with E-state index in [0.29, 0.717) is 21.0 Å². The number of nitrogens with zero attached hydrogens (tertiary/aromatic N) is 2. The number of carbonyl (C=O) groups is 2. The van der Waals surface area contributed by atoms with Crippen LogP contribution < -0.4 is 9.62 Å². The molecule has 0 fully saturated rings. The van der Waals surface area contributed by atoms with Gasteiger partial charge in [0.15, 0.2) is 11.6 Å². The molecule has 3 rings (SSSR count). The Labute approximate surface area is 230 Å². The topological polar surface area (TPSA) is 86.8 Å². The number of halogens is 4. The van der Waals surface area contributed by atoms with E-state index in [-0.39, 0.29) is 23.7 Å². The van der Waals surface area contributed by atoms with Crippen molar-refractivity contribution in [2.24, 2.45) is 0 Å². The number of anilines is 1. The van der Waals surface area contributed by atoms with Crippen molar-refractivity contribution in [2.45, 2.75) is 19.0 Å². The van der Waals surface area contributed by atoms with Crippen LogP contribution in [0.15, 0.2) is 66.7 Å². The molecule has 7 nitrogen and oxygen atoms in total. The second kappa shape index (κ2) is 12.6. The molecule has 0 bridgehead atoms. The smallest absolute Gasteiger partial charge is 0.244 e. The molecule has 2 amide bonds. The van der Waals surface area contributed by atoms with Crippen LogP contribution in [0.2, 0.25) is 10.0 Å². The molecule has 1 atom stereocenters. The van der Waals surface area contributed by atoms with Crippen LogP contribution >= 0.6 is 23.2 Å². The first-order chi connectivity index (χ1) is 17.9. The van der Waals surface area contributed by atoms with Crippen LogP contribution in [0.25, 0.3) is 0 Å². The fraction of sp³-hybridized carbons (Fsp3) is 0.231. The van der Waals surface area contributed by atoms with Gasteiger partial charge in [0.05, 0.1) is 22.0 Å². The maximum atomic E-state index is 13.9. The van der Waals surface area contributed by atoms with Crippen molar-refractivity contribution in [2.75, 3.05) is 24.2 Å². The van der Waals surface area contributed by atoms with Gasteiger partial charge in [0.1, 0.15) is 12.6 Å². The van der Waals surface area contributed by atoms with E-state index in [1.54, 1.807) is 30.3 Å². The van der Waals surface area contributed by atoms with E-state index < -0.39 is 46.1 Å². The Hall–Kier alpha value is -3.21. The molecule has 12 heteroatoms. The second-order valence-corrected chi connectivity index (χ2v) is 11.2. The molecule has 3 aromatic rings. The van der Waals surface area contributed by atoms with Gasteiger partial charge in [-0.05, 0) is 35.4 Å². The second-order valence-electron chi connectivity index (χ2n) is 8.46. The Morgan fingerprint density at radius 1 is 0.921 bits per heavy atom. The van der Waals surface area contributed by atoms with Crippen molar-refractivity contribution in [1.29, 1.82) is 0 Å². The summed E-state index contributed by atoms with van der Waals surface area (Å²) in [5, 5.41) is 3.08. The summed E-state index contributed by atoms with van der Waals surface area (Å²) in [6.45, 7) is -0.885. The molecule has 0 saturated carbocycles. The van der Waals surface area contributed by atoms with Crippen LogP contribution in [0.4, 0.5) is 14.5 Å². The Morgan fingerprint density at radius 3 is 2.18 bits per heavy atom. The van der Waals surface area contributed by atoms with E-state index in [2.05, 4.69) is 5.32 Å². The maximum absolute atomic E-state index is 13.9. The molecule has 0 aromatic heterocycles. The molecule has 1 N–H and O–H groups in total. The zero-order valence-electron chi connectivity index (χ0n) is 20.5. The van der Waals surface area contributed by atoms with Crippen LogP contribution in [0, 0.1) is 11.6 Å². The van der Waals surface area contributed by atoms with Crippen molar-refractivity contribution in [3.63, 3.8) is 0 Å². The van der Waals surface area contributed by atoms with Crippen molar-refractivity contribution < 1.29 is 26.8 Å². The summed E-state index contributed by atoms with van der Waals surface area (Å²) in [5.74, 6) is -3.68.